The van der Waals surface area contributed by atoms with E-state index >= 15 is 0 Å². The van der Waals surface area contributed by atoms with E-state index < -0.39 is 6.36 Å². The van der Waals surface area contributed by atoms with Gasteiger partial charge in [0.25, 0.3) is 0 Å². The van der Waals surface area contributed by atoms with E-state index in [1.54, 1.807) is 4.90 Å². The molecule has 1 aliphatic rings. The number of amides is 1. The van der Waals surface area contributed by atoms with Crippen molar-refractivity contribution in [3.63, 3.8) is 0 Å². The predicted molar refractivity (Wildman–Crippen MR) is 170 cm³/mol. The maximum atomic E-state index is 12.7. The Bertz CT molecular complexity index is 1670. The van der Waals surface area contributed by atoms with Crippen molar-refractivity contribution < 1.29 is 22.7 Å². The summed E-state index contributed by atoms with van der Waals surface area (Å²) in [7, 11) is 0. The molecule has 0 saturated carbocycles. The molecule has 0 spiro atoms. The van der Waals surface area contributed by atoms with Crippen LogP contribution in [0.2, 0.25) is 0 Å². The number of amidine groups is 1. The molecular weight excluding hydrogens is 610 g/mol. The van der Waals surface area contributed by atoms with Crippen LogP contribution in [-0.2, 0) is 11.2 Å². The minimum atomic E-state index is -4.75. The third kappa shape index (κ3) is 7.83. The largest absolute Gasteiger partial charge is 0.573 e. The van der Waals surface area contributed by atoms with E-state index in [1.807, 2.05) is 48.5 Å². The molecule has 0 atom stereocenters. The Morgan fingerprint density at radius 1 is 1.11 bits per heavy atom. The smallest absolute Gasteiger partial charge is 0.406 e. The summed E-state index contributed by atoms with van der Waals surface area (Å²) in [5.41, 5.74) is 4.37. The third-order valence-electron chi connectivity index (χ3n) is 6.69. The number of aliphatic imine (C=N–C) groups is 1. The molecule has 0 aliphatic carbocycles. The van der Waals surface area contributed by atoms with Crippen LogP contribution in [0.3, 0.4) is 0 Å². The monoisotopic (exact) mass is 638 g/mol. The SMILES string of the molecule is CC(C)c1ccccc1N1C(=O)CS/C1=N\C(=S)NCCCc1cccc(-c2ncn(-c3ccc(OC(F)(F)F)cc3)n2)c1. The lowest BCUT2D eigenvalue weighted by Gasteiger charge is -2.21. The van der Waals surface area contributed by atoms with Crippen molar-refractivity contribution >= 4 is 45.9 Å². The van der Waals surface area contributed by atoms with Gasteiger partial charge < -0.3 is 10.1 Å². The van der Waals surface area contributed by atoms with Gasteiger partial charge in [0.2, 0.25) is 5.91 Å². The van der Waals surface area contributed by atoms with Gasteiger partial charge in [-0.15, -0.1) is 18.3 Å². The van der Waals surface area contributed by atoms with Crippen LogP contribution in [0.5, 0.6) is 5.75 Å². The van der Waals surface area contributed by atoms with Gasteiger partial charge in [0.15, 0.2) is 16.1 Å². The van der Waals surface area contributed by atoms with Crippen LogP contribution in [0.25, 0.3) is 17.1 Å². The molecule has 5 rings (SSSR count). The number of halogens is 3. The number of aromatic nitrogens is 3. The number of nitrogens with zero attached hydrogens (tertiary/aromatic N) is 5. The second-order valence-electron chi connectivity index (χ2n) is 10.2. The highest BCUT2D eigenvalue weighted by atomic mass is 32.2. The van der Waals surface area contributed by atoms with Crippen LogP contribution in [0.4, 0.5) is 18.9 Å². The Morgan fingerprint density at radius 3 is 2.64 bits per heavy atom. The van der Waals surface area contributed by atoms with Crippen molar-refractivity contribution in [2.75, 3.05) is 17.2 Å². The molecular formula is C31H29F3N6O2S2. The quantitative estimate of drug-likeness (QED) is 0.158. The molecule has 1 aliphatic heterocycles. The Morgan fingerprint density at radius 2 is 1.89 bits per heavy atom. The number of carbonyl (C=O) groups is 1. The molecule has 1 amide bonds. The summed E-state index contributed by atoms with van der Waals surface area (Å²) in [4.78, 5) is 23.3. The number of nitrogens with one attached hydrogen (secondary N) is 1. The van der Waals surface area contributed by atoms with Gasteiger partial charge in [0.1, 0.15) is 12.1 Å². The second kappa shape index (κ2) is 13.6. The number of aryl methyl sites for hydroxylation is 1. The molecule has 1 fully saturated rings. The molecule has 0 radical (unpaired) electrons. The summed E-state index contributed by atoms with van der Waals surface area (Å²) in [5, 5.41) is 8.57. The minimum absolute atomic E-state index is 0.0164. The molecule has 3 aromatic carbocycles. The van der Waals surface area contributed by atoms with Gasteiger partial charge in [-0.3, -0.25) is 9.69 Å². The lowest BCUT2D eigenvalue weighted by atomic mass is 10.0. The number of thiocarbonyl (C=S) groups is 1. The zero-order valence-corrected chi connectivity index (χ0v) is 25.5. The first-order chi connectivity index (χ1) is 21.1. The first-order valence-electron chi connectivity index (χ1n) is 13.9. The van der Waals surface area contributed by atoms with Gasteiger partial charge in [-0.05, 0) is 78.5 Å². The van der Waals surface area contributed by atoms with Crippen molar-refractivity contribution in [2.24, 2.45) is 4.99 Å². The summed E-state index contributed by atoms with van der Waals surface area (Å²) in [6, 6.07) is 21.1. The van der Waals surface area contributed by atoms with Crippen LogP contribution in [-0.4, -0.2) is 49.6 Å². The van der Waals surface area contributed by atoms with Gasteiger partial charge in [-0.1, -0.05) is 62.0 Å². The van der Waals surface area contributed by atoms with Crippen molar-refractivity contribution in [2.45, 2.75) is 39.0 Å². The Balaban J connectivity index is 1.16. The number of rotatable bonds is 9. The molecule has 44 heavy (non-hydrogen) atoms. The second-order valence-corrected chi connectivity index (χ2v) is 11.5. The summed E-state index contributed by atoms with van der Waals surface area (Å²) in [6.07, 6.45) is -1.69. The minimum Gasteiger partial charge on any atom is -0.406 e. The van der Waals surface area contributed by atoms with E-state index in [2.05, 4.69) is 39.0 Å². The zero-order chi connectivity index (χ0) is 31.3. The predicted octanol–water partition coefficient (Wildman–Crippen LogP) is 6.90. The van der Waals surface area contributed by atoms with Gasteiger partial charge in [0, 0.05) is 12.1 Å². The average molecular weight is 639 g/mol. The highest BCUT2D eigenvalue weighted by Gasteiger charge is 2.32. The summed E-state index contributed by atoms with van der Waals surface area (Å²) < 4.78 is 42.7. The van der Waals surface area contributed by atoms with E-state index in [4.69, 9.17) is 12.2 Å². The topological polar surface area (TPSA) is 84.6 Å². The van der Waals surface area contributed by atoms with E-state index in [1.165, 1.54) is 47.0 Å². The molecule has 1 saturated heterocycles. The number of benzene rings is 3. The molecule has 228 valence electrons. The van der Waals surface area contributed by atoms with Crippen molar-refractivity contribution in [3.8, 4) is 22.8 Å². The molecule has 0 bridgehead atoms. The van der Waals surface area contributed by atoms with Crippen LogP contribution in [0.1, 0.15) is 37.3 Å². The first-order valence-corrected chi connectivity index (χ1v) is 15.2. The maximum Gasteiger partial charge on any atom is 0.573 e. The number of alkyl halides is 3. The van der Waals surface area contributed by atoms with Gasteiger partial charge >= 0.3 is 6.36 Å². The zero-order valence-electron chi connectivity index (χ0n) is 23.9. The fourth-order valence-corrected chi connectivity index (χ4v) is 5.77. The van der Waals surface area contributed by atoms with Crippen LogP contribution >= 0.6 is 24.0 Å². The molecule has 2 heterocycles. The van der Waals surface area contributed by atoms with Crippen LogP contribution in [0, 0.1) is 0 Å². The summed E-state index contributed by atoms with van der Waals surface area (Å²) in [5.74, 6) is 0.741. The fraction of sp³-hybridized carbons (Fsp3) is 0.258. The summed E-state index contributed by atoms with van der Waals surface area (Å²) in [6.45, 7) is 4.79. The van der Waals surface area contributed by atoms with Crippen LogP contribution in [0.15, 0.2) is 84.1 Å². The normalized spacial score (nSPS) is 14.5. The van der Waals surface area contributed by atoms with Gasteiger partial charge in [0.05, 0.1) is 17.1 Å². The lowest BCUT2D eigenvalue weighted by molar-refractivity contribution is -0.274. The molecule has 1 N–H and O–H groups in total. The number of thioether (sulfide) groups is 1. The number of para-hydroxylation sites is 1. The van der Waals surface area contributed by atoms with E-state index in [0.29, 0.717) is 34.1 Å². The van der Waals surface area contributed by atoms with E-state index in [0.717, 1.165) is 35.2 Å². The van der Waals surface area contributed by atoms with Gasteiger partial charge in [-0.2, -0.15) is 4.99 Å². The molecule has 13 heteroatoms. The van der Waals surface area contributed by atoms with Crippen LogP contribution < -0.4 is 15.0 Å². The highest BCUT2D eigenvalue weighted by molar-refractivity contribution is 8.15. The van der Waals surface area contributed by atoms with E-state index in [9.17, 15) is 18.0 Å². The lowest BCUT2D eigenvalue weighted by Crippen LogP contribution is -2.32. The molecule has 8 nitrogen and oxygen atoms in total. The van der Waals surface area contributed by atoms with E-state index in [-0.39, 0.29) is 17.6 Å². The summed E-state index contributed by atoms with van der Waals surface area (Å²) >= 11 is 6.86. The van der Waals surface area contributed by atoms with Crippen molar-refractivity contribution in [1.82, 2.24) is 20.1 Å². The number of hydrogen-bond donors (Lipinski definition) is 1. The third-order valence-corrected chi connectivity index (χ3v) is 7.85. The Labute approximate surface area is 262 Å². The van der Waals surface area contributed by atoms with Crippen molar-refractivity contribution in [1.29, 1.82) is 0 Å². The Hall–Kier alpha value is -4.23. The molecule has 0 unspecified atom stereocenters. The van der Waals surface area contributed by atoms with Crippen molar-refractivity contribution in [3.05, 3.63) is 90.3 Å². The first kappa shape index (κ1) is 31.2. The number of ether oxygens (including phenoxy) is 1. The number of carbonyl (C=O) groups excluding carboxylic acids is 1. The maximum absolute atomic E-state index is 12.7. The van der Waals surface area contributed by atoms with Gasteiger partial charge in [-0.25, -0.2) is 9.67 Å². The fourth-order valence-electron chi connectivity index (χ4n) is 4.66. The molecule has 1 aromatic heterocycles. The number of anilines is 1. The number of hydrogen-bond acceptors (Lipinski definition) is 6. The Kier molecular flexibility index (Phi) is 9.64. The molecule has 4 aromatic rings. The highest BCUT2D eigenvalue weighted by Crippen LogP contribution is 2.33. The average Bonchev–Trinajstić information content (AvgIpc) is 3.62. The standard InChI is InChI=1S/C31H29F3N6O2S2/c1-20(2)25-10-3-4-11-26(25)40-27(41)18-44-30(40)37-29(43)35-16-6-8-21-7-5-9-22(17-21)28-36-19-39(38-28)23-12-14-24(15-13-23)42-31(32,33)34/h3-5,7,9-15,17,19-20H,6,8,16,18H2,1-2H3,(H,35,43)/b37-30-.